The molecule has 4 rings (SSSR count). The highest BCUT2D eigenvalue weighted by Crippen LogP contribution is 2.37. The maximum absolute atomic E-state index is 12.7. The van der Waals surface area contributed by atoms with E-state index in [0.29, 0.717) is 11.7 Å². The summed E-state index contributed by atoms with van der Waals surface area (Å²) in [5.74, 6) is 0. The van der Waals surface area contributed by atoms with Crippen LogP contribution in [0.2, 0.25) is 0 Å². The van der Waals surface area contributed by atoms with Gasteiger partial charge in [0.1, 0.15) is 0 Å². The second-order valence-corrected chi connectivity index (χ2v) is 6.75. The van der Waals surface area contributed by atoms with Crippen molar-refractivity contribution in [1.29, 1.82) is 0 Å². The predicted molar refractivity (Wildman–Crippen MR) is 82.5 cm³/mol. The van der Waals surface area contributed by atoms with Crippen molar-refractivity contribution in [2.75, 3.05) is 0 Å². The first kappa shape index (κ1) is 12.9. The molecule has 1 aliphatic rings. The van der Waals surface area contributed by atoms with E-state index in [0.717, 1.165) is 23.1 Å². The molecule has 0 saturated heterocycles. The first-order chi connectivity index (χ1) is 10.3. The zero-order valence-corrected chi connectivity index (χ0v) is 12.5. The third-order valence-corrected chi connectivity index (χ3v) is 5.57. The maximum atomic E-state index is 12.7. The van der Waals surface area contributed by atoms with E-state index in [1.807, 2.05) is 36.5 Å². The summed E-state index contributed by atoms with van der Waals surface area (Å²) in [4.78, 5) is 9.01. The van der Waals surface area contributed by atoms with Gasteiger partial charge in [0.25, 0.3) is 0 Å². The summed E-state index contributed by atoms with van der Waals surface area (Å²) in [6, 6.07) is 12.0. The van der Waals surface area contributed by atoms with Crippen LogP contribution in [0.5, 0.6) is 0 Å². The number of hydrogen-bond donors (Lipinski definition) is 0. The van der Waals surface area contributed by atoms with E-state index < -0.39 is 11.2 Å². The Kier molecular flexibility index (Phi) is 2.97. The third kappa shape index (κ3) is 1.96. The van der Waals surface area contributed by atoms with Crippen molar-refractivity contribution in [2.45, 2.75) is 30.3 Å². The van der Waals surface area contributed by atoms with Crippen LogP contribution >= 0.6 is 0 Å². The Morgan fingerprint density at radius 3 is 2.90 bits per heavy atom. The molecule has 2 unspecified atom stereocenters. The summed E-state index contributed by atoms with van der Waals surface area (Å²) in [7, 11) is 0. The molecule has 3 aromatic rings. The molecule has 21 heavy (non-hydrogen) atoms. The van der Waals surface area contributed by atoms with E-state index in [1.54, 1.807) is 0 Å². The Hall–Kier alpha value is -1.85. The number of para-hydroxylation sites is 2. The minimum absolute atomic E-state index is 0.0944. The van der Waals surface area contributed by atoms with Crippen LogP contribution in [0.3, 0.4) is 0 Å². The lowest BCUT2D eigenvalue weighted by atomic mass is 10.2. The highest BCUT2D eigenvalue weighted by Gasteiger charge is 2.40. The fourth-order valence-corrected chi connectivity index (χ4v) is 4.26. The van der Waals surface area contributed by atoms with Crippen LogP contribution in [0.25, 0.3) is 11.0 Å². The van der Waals surface area contributed by atoms with Crippen molar-refractivity contribution in [1.82, 2.24) is 14.5 Å². The van der Waals surface area contributed by atoms with Gasteiger partial charge in [-0.2, -0.15) is 4.98 Å². The van der Waals surface area contributed by atoms with Crippen LogP contribution in [0, 0.1) is 0 Å². The zero-order chi connectivity index (χ0) is 14.4. The summed E-state index contributed by atoms with van der Waals surface area (Å²) in [6.07, 6.45) is 2.85. The highest BCUT2D eigenvalue weighted by molar-refractivity contribution is 7.91. The van der Waals surface area contributed by atoms with Crippen LogP contribution in [-0.2, 0) is 24.1 Å². The first-order valence-electron chi connectivity index (χ1n) is 7.08. The summed E-state index contributed by atoms with van der Waals surface area (Å²) in [5.41, 5.74) is 4.05. The van der Waals surface area contributed by atoms with Gasteiger partial charge >= 0.3 is 5.16 Å². The van der Waals surface area contributed by atoms with Gasteiger partial charge in [0.05, 0.1) is 23.3 Å². The molecule has 0 fully saturated rings. The molecular weight excluding hydrogens is 282 g/mol. The number of aromatic nitrogens is 3. The fraction of sp³-hybridized carbons (Fsp3) is 0.250. The van der Waals surface area contributed by atoms with Gasteiger partial charge in [-0.3, -0.25) is 9.55 Å². The summed E-state index contributed by atoms with van der Waals surface area (Å²) < 4.78 is 14.8. The van der Waals surface area contributed by atoms with Crippen molar-refractivity contribution >= 4 is 22.2 Å². The summed E-state index contributed by atoms with van der Waals surface area (Å²) in [6.45, 7) is 2.78. The molecule has 4 nitrogen and oxygen atoms in total. The number of pyridine rings is 1. The van der Waals surface area contributed by atoms with Gasteiger partial charge < -0.3 is 4.55 Å². The average molecular weight is 297 g/mol. The minimum atomic E-state index is -1.14. The van der Waals surface area contributed by atoms with Crippen LogP contribution < -0.4 is 0 Å². The van der Waals surface area contributed by atoms with Crippen LogP contribution in [0.1, 0.15) is 23.4 Å². The zero-order valence-electron chi connectivity index (χ0n) is 11.7. The van der Waals surface area contributed by atoms with Crippen LogP contribution in [0.15, 0.2) is 47.8 Å². The average Bonchev–Trinajstić information content (AvgIpc) is 3.05. The van der Waals surface area contributed by atoms with E-state index in [4.69, 9.17) is 0 Å². The third-order valence-electron chi connectivity index (χ3n) is 3.99. The van der Waals surface area contributed by atoms with Crippen molar-refractivity contribution < 1.29 is 4.55 Å². The van der Waals surface area contributed by atoms with Crippen molar-refractivity contribution in [2.24, 2.45) is 0 Å². The Labute approximate surface area is 126 Å². The molecule has 0 radical (unpaired) electrons. The number of imidazole rings is 1. The smallest absolute Gasteiger partial charge is 0.325 e. The lowest BCUT2D eigenvalue weighted by Gasteiger charge is -2.11. The molecule has 0 spiro atoms. The number of hydrogen-bond acceptors (Lipinski definition) is 3. The topological polar surface area (TPSA) is 53.8 Å². The molecule has 0 bridgehead atoms. The second-order valence-electron chi connectivity index (χ2n) is 5.22. The molecular formula is C16H15N3OS. The van der Waals surface area contributed by atoms with Gasteiger partial charge in [-0.15, -0.1) is 0 Å². The van der Waals surface area contributed by atoms with Gasteiger partial charge in [-0.1, -0.05) is 25.1 Å². The van der Waals surface area contributed by atoms with Crippen molar-refractivity contribution in [3.05, 3.63) is 53.9 Å². The van der Waals surface area contributed by atoms with Gasteiger partial charge in [-0.25, -0.2) is 0 Å². The highest BCUT2D eigenvalue weighted by atomic mass is 32.2. The quantitative estimate of drug-likeness (QED) is 0.683. The largest absolute Gasteiger partial charge is 0.608 e. The number of rotatable bonds is 2. The molecule has 2 aromatic heterocycles. The number of aryl methyl sites for hydroxylation is 1. The van der Waals surface area contributed by atoms with Gasteiger partial charge in [-0.05, 0) is 30.2 Å². The van der Waals surface area contributed by atoms with Gasteiger partial charge in [0.2, 0.25) is 0 Å². The second kappa shape index (κ2) is 4.86. The summed E-state index contributed by atoms with van der Waals surface area (Å²) >= 11 is -1.14. The lowest BCUT2D eigenvalue weighted by molar-refractivity contribution is 0.584. The Balaban J connectivity index is 1.73. The molecule has 1 aromatic carbocycles. The van der Waals surface area contributed by atoms with Gasteiger partial charge in [0.15, 0.2) is 5.25 Å². The van der Waals surface area contributed by atoms with Crippen molar-refractivity contribution in [3.63, 3.8) is 0 Å². The molecule has 5 heteroatoms. The Bertz CT molecular complexity index is 797. The normalized spacial score (nSPS) is 20.9. The van der Waals surface area contributed by atoms with Crippen LogP contribution in [-0.4, -0.2) is 19.1 Å². The number of fused-ring (bicyclic) bond motifs is 3. The Morgan fingerprint density at radius 1 is 1.29 bits per heavy atom. The lowest BCUT2D eigenvalue weighted by Crippen LogP contribution is -2.11. The molecule has 0 saturated carbocycles. The standard InChI is InChI=1S/C16H15N3OS/c1-2-11-7-8-13(17-9-11)15-10-19-14-6-4-3-5-12(14)18-16(19)21(15)20/h3-9,15H,2,10H2,1H3. The van der Waals surface area contributed by atoms with E-state index in [9.17, 15) is 4.55 Å². The van der Waals surface area contributed by atoms with Gasteiger partial charge in [0, 0.05) is 17.4 Å². The SMILES string of the molecule is CCc1ccc(C2Cn3c(nc4ccccc43)[S+]2[O-])nc1. The molecule has 1 aliphatic heterocycles. The molecule has 2 atom stereocenters. The molecule has 0 aliphatic carbocycles. The predicted octanol–water partition coefficient (Wildman–Crippen LogP) is 2.86. The first-order valence-corrected chi connectivity index (χ1v) is 8.30. The van der Waals surface area contributed by atoms with E-state index in [1.165, 1.54) is 5.56 Å². The summed E-state index contributed by atoms with van der Waals surface area (Å²) in [5, 5.41) is 0.575. The molecule has 106 valence electrons. The maximum Gasteiger partial charge on any atom is 0.325 e. The van der Waals surface area contributed by atoms with E-state index in [-0.39, 0.29) is 5.25 Å². The van der Waals surface area contributed by atoms with E-state index >= 15 is 0 Å². The number of benzene rings is 1. The minimum Gasteiger partial charge on any atom is -0.608 e. The van der Waals surface area contributed by atoms with E-state index in [2.05, 4.69) is 27.5 Å². The number of nitrogens with zero attached hydrogens (tertiary/aromatic N) is 3. The molecule has 0 N–H and O–H groups in total. The monoisotopic (exact) mass is 297 g/mol. The van der Waals surface area contributed by atoms with Crippen LogP contribution in [0.4, 0.5) is 0 Å². The Morgan fingerprint density at radius 2 is 2.14 bits per heavy atom. The fourth-order valence-electron chi connectivity index (χ4n) is 2.78. The molecule has 0 amide bonds. The molecule has 3 heterocycles. The van der Waals surface area contributed by atoms with Crippen molar-refractivity contribution in [3.8, 4) is 0 Å².